The predicted octanol–water partition coefficient (Wildman–Crippen LogP) is 4.08. The first-order chi connectivity index (χ1) is 12.2. The van der Waals surface area contributed by atoms with E-state index in [1.165, 1.54) is 6.07 Å². The van der Waals surface area contributed by atoms with Crippen LogP contribution in [0.1, 0.15) is 41.5 Å². The van der Waals surface area contributed by atoms with Gasteiger partial charge >= 0.3 is 0 Å². The molecular weight excluding hydrogens is 317 g/mol. The Morgan fingerprint density at radius 2 is 1.88 bits per heavy atom. The number of fused-ring (bicyclic) bond motifs is 1. The lowest BCUT2D eigenvalue weighted by atomic mass is 10.00. The van der Waals surface area contributed by atoms with Crippen LogP contribution in [0.2, 0.25) is 0 Å². The molecule has 0 spiro atoms. The lowest BCUT2D eigenvalue weighted by molar-refractivity contribution is 0.0592. The summed E-state index contributed by atoms with van der Waals surface area (Å²) in [5, 5.41) is 0. The van der Waals surface area contributed by atoms with Gasteiger partial charge in [0.15, 0.2) is 0 Å². The van der Waals surface area contributed by atoms with Gasteiger partial charge in [-0.25, -0.2) is 9.37 Å². The first kappa shape index (κ1) is 15.8. The molecule has 2 aromatic carbocycles. The van der Waals surface area contributed by atoms with Crippen LogP contribution in [0.3, 0.4) is 0 Å². The summed E-state index contributed by atoms with van der Waals surface area (Å²) < 4.78 is 16.2. The fourth-order valence-electron chi connectivity index (χ4n) is 3.69. The van der Waals surface area contributed by atoms with Gasteiger partial charge in [0.25, 0.3) is 5.91 Å². The SMILES string of the molecule is Cn1c([C@H]2CCCCN2C(=O)c2ccccc2F)nc2ccccc21. The fourth-order valence-corrected chi connectivity index (χ4v) is 3.69. The largest absolute Gasteiger partial charge is 0.329 e. The van der Waals surface area contributed by atoms with E-state index >= 15 is 0 Å². The van der Waals surface area contributed by atoms with E-state index in [4.69, 9.17) is 4.98 Å². The Morgan fingerprint density at radius 3 is 2.68 bits per heavy atom. The Morgan fingerprint density at radius 1 is 1.12 bits per heavy atom. The number of rotatable bonds is 2. The predicted molar refractivity (Wildman–Crippen MR) is 94.7 cm³/mol. The minimum Gasteiger partial charge on any atom is -0.329 e. The average Bonchev–Trinajstić information content (AvgIpc) is 2.98. The number of aromatic nitrogens is 2. The third-order valence-electron chi connectivity index (χ3n) is 4.99. The van der Waals surface area contributed by atoms with E-state index in [0.29, 0.717) is 6.54 Å². The zero-order valence-electron chi connectivity index (χ0n) is 14.2. The van der Waals surface area contributed by atoms with Crippen LogP contribution in [0, 0.1) is 5.82 Å². The molecule has 0 bridgehead atoms. The van der Waals surface area contributed by atoms with Crippen molar-refractivity contribution in [2.75, 3.05) is 6.54 Å². The minimum atomic E-state index is -0.471. The van der Waals surface area contributed by atoms with E-state index in [0.717, 1.165) is 36.1 Å². The topological polar surface area (TPSA) is 38.1 Å². The molecule has 1 amide bonds. The molecule has 25 heavy (non-hydrogen) atoms. The summed E-state index contributed by atoms with van der Waals surface area (Å²) in [6.45, 7) is 0.626. The molecule has 128 valence electrons. The molecule has 1 aliphatic heterocycles. The summed E-state index contributed by atoms with van der Waals surface area (Å²) in [6, 6.07) is 14.0. The van der Waals surface area contributed by atoms with Gasteiger partial charge in [0.05, 0.1) is 22.6 Å². The van der Waals surface area contributed by atoms with Gasteiger partial charge < -0.3 is 9.47 Å². The zero-order chi connectivity index (χ0) is 17.4. The normalized spacial score (nSPS) is 17.8. The molecule has 0 unspecified atom stereocenters. The number of nitrogens with zero attached hydrogens (tertiary/aromatic N) is 3. The number of hydrogen-bond donors (Lipinski definition) is 0. The molecule has 3 aromatic rings. The smallest absolute Gasteiger partial charge is 0.257 e. The maximum Gasteiger partial charge on any atom is 0.257 e. The Labute approximate surface area is 145 Å². The van der Waals surface area contributed by atoms with Crippen molar-refractivity contribution in [2.45, 2.75) is 25.3 Å². The van der Waals surface area contributed by atoms with Crippen molar-refractivity contribution in [1.29, 1.82) is 0 Å². The number of para-hydroxylation sites is 2. The van der Waals surface area contributed by atoms with Crippen molar-refractivity contribution in [3.05, 3.63) is 65.7 Å². The lowest BCUT2D eigenvalue weighted by Crippen LogP contribution is -2.40. The molecule has 1 atom stereocenters. The first-order valence-electron chi connectivity index (χ1n) is 8.63. The summed E-state index contributed by atoms with van der Waals surface area (Å²) >= 11 is 0. The molecule has 1 saturated heterocycles. The van der Waals surface area contributed by atoms with Gasteiger partial charge in [-0.05, 0) is 43.5 Å². The number of carbonyl (C=O) groups is 1. The van der Waals surface area contributed by atoms with Crippen molar-refractivity contribution in [1.82, 2.24) is 14.5 Å². The van der Waals surface area contributed by atoms with Crippen molar-refractivity contribution in [2.24, 2.45) is 7.05 Å². The number of amides is 1. The molecule has 5 heteroatoms. The molecule has 1 aliphatic rings. The monoisotopic (exact) mass is 337 g/mol. The summed E-state index contributed by atoms with van der Waals surface area (Å²) in [7, 11) is 1.98. The number of aryl methyl sites for hydroxylation is 1. The van der Waals surface area contributed by atoms with E-state index in [1.54, 1.807) is 23.1 Å². The molecule has 0 aliphatic carbocycles. The number of likely N-dealkylation sites (tertiary alicyclic amines) is 1. The molecule has 0 saturated carbocycles. The summed E-state index contributed by atoms with van der Waals surface area (Å²) in [6.07, 6.45) is 2.81. The minimum absolute atomic E-state index is 0.127. The van der Waals surface area contributed by atoms with Crippen molar-refractivity contribution in [3.63, 3.8) is 0 Å². The molecular formula is C20H20FN3O. The summed E-state index contributed by atoms with van der Waals surface area (Å²) in [5.41, 5.74) is 2.10. The van der Waals surface area contributed by atoms with Crippen molar-refractivity contribution >= 4 is 16.9 Å². The second-order valence-corrected chi connectivity index (χ2v) is 6.51. The van der Waals surface area contributed by atoms with Gasteiger partial charge in [-0.1, -0.05) is 24.3 Å². The molecule has 4 nitrogen and oxygen atoms in total. The third-order valence-corrected chi connectivity index (χ3v) is 4.99. The van der Waals surface area contributed by atoms with Crippen LogP contribution in [0.15, 0.2) is 48.5 Å². The molecule has 0 N–H and O–H groups in total. The zero-order valence-corrected chi connectivity index (χ0v) is 14.2. The van der Waals surface area contributed by atoms with E-state index < -0.39 is 5.82 Å². The van der Waals surface area contributed by atoms with E-state index in [2.05, 4.69) is 0 Å². The number of imidazole rings is 1. The number of benzene rings is 2. The number of hydrogen-bond acceptors (Lipinski definition) is 2. The Bertz CT molecular complexity index is 934. The molecule has 2 heterocycles. The molecule has 4 rings (SSSR count). The van der Waals surface area contributed by atoms with Crippen molar-refractivity contribution < 1.29 is 9.18 Å². The van der Waals surface area contributed by atoms with Crippen LogP contribution in [0.5, 0.6) is 0 Å². The Balaban J connectivity index is 1.75. The van der Waals surface area contributed by atoms with E-state index in [9.17, 15) is 9.18 Å². The first-order valence-corrected chi connectivity index (χ1v) is 8.63. The number of carbonyl (C=O) groups excluding carboxylic acids is 1. The van der Waals surface area contributed by atoms with E-state index in [1.807, 2.05) is 35.9 Å². The molecule has 0 radical (unpaired) electrons. The maximum absolute atomic E-state index is 14.1. The highest BCUT2D eigenvalue weighted by Gasteiger charge is 2.32. The van der Waals surface area contributed by atoms with Gasteiger partial charge in [-0.15, -0.1) is 0 Å². The Hall–Kier alpha value is -2.69. The highest BCUT2D eigenvalue weighted by molar-refractivity contribution is 5.94. The highest BCUT2D eigenvalue weighted by atomic mass is 19.1. The van der Waals surface area contributed by atoms with Gasteiger partial charge in [0.1, 0.15) is 11.6 Å². The van der Waals surface area contributed by atoms with Crippen molar-refractivity contribution in [3.8, 4) is 0 Å². The molecule has 1 aromatic heterocycles. The lowest BCUT2D eigenvalue weighted by Gasteiger charge is -2.35. The van der Waals surface area contributed by atoms with Gasteiger partial charge in [-0.2, -0.15) is 0 Å². The second kappa shape index (κ2) is 6.31. The van der Waals surface area contributed by atoms with Crippen LogP contribution in [0.4, 0.5) is 4.39 Å². The van der Waals surface area contributed by atoms with Gasteiger partial charge in [-0.3, -0.25) is 4.79 Å². The fraction of sp³-hybridized carbons (Fsp3) is 0.300. The number of piperidine rings is 1. The van der Waals surface area contributed by atoms with Gasteiger partial charge in [0, 0.05) is 13.6 Å². The summed E-state index contributed by atoms with van der Waals surface area (Å²) in [5.74, 6) is 0.141. The quantitative estimate of drug-likeness (QED) is 0.707. The van der Waals surface area contributed by atoms with Crippen LogP contribution >= 0.6 is 0 Å². The maximum atomic E-state index is 14.1. The standard InChI is InChI=1S/C20H20FN3O/c1-23-17-11-5-4-10-16(17)22-19(23)18-12-6-7-13-24(18)20(25)14-8-2-3-9-15(14)21/h2-5,8-11,18H,6-7,12-13H2,1H3/t18-/m1/s1. The third kappa shape index (κ3) is 2.69. The van der Waals surface area contributed by atoms with Crippen LogP contribution < -0.4 is 0 Å². The second-order valence-electron chi connectivity index (χ2n) is 6.51. The van der Waals surface area contributed by atoms with Crippen LogP contribution in [-0.2, 0) is 7.05 Å². The van der Waals surface area contributed by atoms with Crippen LogP contribution in [0.25, 0.3) is 11.0 Å². The summed E-state index contributed by atoms with van der Waals surface area (Å²) in [4.78, 5) is 19.5. The van der Waals surface area contributed by atoms with E-state index in [-0.39, 0.29) is 17.5 Å². The number of halogens is 1. The van der Waals surface area contributed by atoms with Crippen LogP contribution in [-0.4, -0.2) is 26.9 Å². The van der Waals surface area contributed by atoms with Gasteiger partial charge in [0.2, 0.25) is 0 Å². The average molecular weight is 337 g/mol. The molecule has 1 fully saturated rings. The highest BCUT2D eigenvalue weighted by Crippen LogP contribution is 2.33. The Kier molecular flexibility index (Phi) is 3.99.